The van der Waals surface area contributed by atoms with Crippen molar-refractivity contribution in [1.82, 2.24) is 20.1 Å². The van der Waals surface area contributed by atoms with Gasteiger partial charge in [-0.15, -0.1) is 5.10 Å². The fourth-order valence-corrected chi connectivity index (χ4v) is 1.75. The molecule has 0 radical (unpaired) electrons. The Morgan fingerprint density at radius 3 is 2.53 bits per heavy atom. The molecule has 5 heteroatoms. The number of amides is 1. The highest BCUT2D eigenvalue weighted by atomic mass is 16.2. The minimum Gasteiger partial charge on any atom is -0.336 e. The largest absolute Gasteiger partial charge is 0.336 e. The van der Waals surface area contributed by atoms with Crippen LogP contribution in [0.4, 0.5) is 0 Å². The minimum atomic E-state index is -0.117. The van der Waals surface area contributed by atoms with E-state index in [2.05, 4.69) is 29.0 Å². The molecule has 1 N–H and O–H groups in total. The number of nitrogens with one attached hydrogen (secondary N) is 1. The average Bonchev–Trinajstić information content (AvgIpc) is 2.74. The lowest BCUT2D eigenvalue weighted by molar-refractivity contribution is 0.0716. The van der Waals surface area contributed by atoms with Crippen molar-refractivity contribution in [3.8, 4) is 0 Å². The number of aryl methyl sites for hydroxylation is 1. The Labute approximate surface area is 103 Å². The summed E-state index contributed by atoms with van der Waals surface area (Å²) in [6.45, 7) is 8.32. The molecule has 0 aliphatic rings. The highest BCUT2D eigenvalue weighted by Crippen LogP contribution is 2.11. The highest BCUT2D eigenvalue weighted by molar-refractivity contribution is 5.90. The number of carbonyl (C=O) groups excluding carboxylic acids is 1. The van der Waals surface area contributed by atoms with E-state index in [4.69, 9.17) is 0 Å². The molecule has 1 heterocycles. The van der Waals surface area contributed by atoms with Crippen molar-refractivity contribution in [1.29, 1.82) is 0 Å². The third-order valence-electron chi connectivity index (χ3n) is 2.85. The number of aromatic amines is 1. The first kappa shape index (κ1) is 13.7. The first-order chi connectivity index (χ1) is 7.95. The zero-order chi connectivity index (χ0) is 13.0. The van der Waals surface area contributed by atoms with Crippen LogP contribution in [-0.2, 0) is 6.42 Å². The van der Waals surface area contributed by atoms with Crippen molar-refractivity contribution in [2.75, 3.05) is 7.05 Å². The van der Waals surface area contributed by atoms with Gasteiger partial charge in [0.1, 0.15) is 5.82 Å². The molecule has 0 saturated heterocycles. The SMILES string of the molecule is CCc1nc(C(=O)N(C)C(C)CC(C)C)n[nH]1. The molecular formula is C12H22N4O. The summed E-state index contributed by atoms with van der Waals surface area (Å²) in [5, 5.41) is 6.70. The molecule has 1 aromatic heterocycles. The molecule has 0 aromatic carbocycles. The number of nitrogens with zero attached hydrogens (tertiary/aromatic N) is 3. The predicted octanol–water partition coefficient (Wildman–Crippen LogP) is 1.87. The Balaban J connectivity index is 2.68. The van der Waals surface area contributed by atoms with Crippen LogP contribution in [0.2, 0.25) is 0 Å². The summed E-state index contributed by atoms with van der Waals surface area (Å²) in [6.07, 6.45) is 1.73. The van der Waals surface area contributed by atoms with Crippen LogP contribution in [0.15, 0.2) is 0 Å². The van der Waals surface area contributed by atoms with Crippen LogP contribution < -0.4 is 0 Å². The predicted molar refractivity (Wildman–Crippen MR) is 66.8 cm³/mol. The normalized spacial score (nSPS) is 12.8. The summed E-state index contributed by atoms with van der Waals surface area (Å²) in [6, 6.07) is 0.200. The summed E-state index contributed by atoms with van der Waals surface area (Å²) in [4.78, 5) is 17.9. The Morgan fingerprint density at radius 2 is 2.06 bits per heavy atom. The van der Waals surface area contributed by atoms with Gasteiger partial charge in [0.15, 0.2) is 0 Å². The lowest BCUT2D eigenvalue weighted by Gasteiger charge is -2.25. The Hall–Kier alpha value is -1.39. The number of aromatic nitrogens is 3. The zero-order valence-electron chi connectivity index (χ0n) is 11.3. The van der Waals surface area contributed by atoms with Gasteiger partial charge in [-0.05, 0) is 19.3 Å². The zero-order valence-corrected chi connectivity index (χ0v) is 11.3. The van der Waals surface area contributed by atoms with Gasteiger partial charge in [-0.1, -0.05) is 20.8 Å². The molecule has 5 nitrogen and oxygen atoms in total. The van der Waals surface area contributed by atoms with Crippen molar-refractivity contribution >= 4 is 5.91 Å². The number of hydrogen-bond acceptors (Lipinski definition) is 3. The first-order valence-electron chi connectivity index (χ1n) is 6.14. The maximum absolute atomic E-state index is 12.1. The third kappa shape index (κ3) is 3.54. The van der Waals surface area contributed by atoms with E-state index in [0.29, 0.717) is 5.92 Å². The molecule has 0 aliphatic heterocycles. The van der Waals surface area contributed by atoms with Gasteiger partial charge in [0, 0.05) is 19.5 Å². The Morgan fingerprint density at radius 1 is 1.41 bits per heavy atom. The topological polar surface area (TPSA) is 61.9 Å². The van der Waals surface area contributed by atoms with Gasteiger partial charge in [-0.2, -0.15) is 0 Å². The van der Waals surface area contributed by atoms with E-state index in [9.17, 15) is 4.79 Å². The van der Waals surface area contributed by atoms with Gasteiger partial charge in [-0.3, -0.25) is 9.89 Å². The van der Waals surface area contributed by atoms with Crippen LogP contribution in [0, 0.1) is 5.92 Å². The summed E-state index contributed by atoms with van der Waals surface area (Å²) in [7, 11) is 1.80. The molecule has 1 amide bonds. The van der Waals surface area contributed by atoms with Gasteiger partial charge >= 0.3 is 0 Å². The van der Waals surface area contributed by atoms with Crippen molar-refractivity contribution in [2.45, 2.75) is 46.6 Å². The van der Waals surface area contributed by atoms with E-state index >= 15 is 0 Å². The standard InChI is InChI=1S/C12H22N4O/c1-6-10-13-11(15-14-10)12(17)16(5)9(4)7-8(2)3/h8-9H,6-7H2,1-5H3,(H,13,14,15). The minimum absolute atomic E-state index is 0.117. The van der Waals surface area contributed by atoms with Gasteiger partial charge in [-0.25, -0.2) is 4.98 Å². The third-order valence-corrected chi connectivity index (χ3v) is 2.85. The quantitative estimate of drug-likeness (QED) is 0.852. The maximum Gasteiger partial charge on any atom is 0.293 e. The Kier molecular flexibility index (Phi) is 4.66. The number of rotatable bonds is 5. The summed E-state index contributed by atoms with van der Waals surface area (Å²) in [5.41, 5.74) is 0. The fraction of sp³-hybridized carbons (Fsp3) is 0.750. The molecule has 0 aliphatic carbocycles. The molecule has 0 saturated carbocycles. The van der Waals surface area contributed by atoms with E-state index in [1.807, 2.05) is 13.8 Å². The van der Waals surface area contributed by atoms with Crippen molar-refractivity contribution in [2.24, 2.45) is 5.92 Å². The van der Waals surface area contributed by atoms with E-state index in [1.54, 1.807) is 11.9 Å². The second-order valence-electron chi connectivity index (χ2n) is 4.85. The molecule has 1 unspecified atom stereocenters. The van der Waals surface area contributed by atoms with Gasteiger partial charge in [0.25, 0.3) is 5.91 Å². The van der Waals surface area contributed by atoms with E-state index in [1.165, 1.54) is 0 Å². The lowest BCUT2D eigenvalue weighted by Crippen LogP contribution is -2.36. The second-order valence-corrected chi connectivity index (χ2v) is 4.85. The van der Waals surface area contributed by atoms with Crippen LogP contribution in [-0.4, -0.2) is 39.1 Å². The molecule has 96 valence electrons. The van der Waals surface area contributed by atoms with E-state index < -0.39 is 0 Å². The van der Waals surface area contributed by atoms with Gasteiger partial charge in [0.2, 0.25) is 5.82 Å². The molecule has 0 fully saturated rings. The number of H-pyrrole nitrogens is 1. The number of hydrogen-bond donors (Lipinski definition) is 1. The second kappa shape index (κ2) is 5.80. The van der Waals surface area contributed by atoms with Crippen molar-refractivity contribution in [3.63, 3.8) is 0 Å². The van der Waals surface area contributed by atoms with Crippen LogP contribution in [0.1, 0.15) is 50.6 Å². The summed E-state index contributed by atoms with van der Waals surface area (Å²) >= 11 is 0. The fourth-order valence-electron chi connectivity index (χ4n) is 1.75. The maximum atomic E-state index is 12.1. The van der Waals surface area contributed by atoms with Crippen molar-refractivity contribution < 1.29 is 4.79 Å². The van der Waals surface area contributed by atoms with Crippen LogP contribution >= 0.6 is 0 Å². The summed E-state index contributed by atoms with van der Waals surface area (Å²) in [5.74, 6) is 1.46. The van der Waals surface area contributed by atoms with Crippen LogP contribution in [0.3, 0.4) is 0 Å². The highest BCUT2D eigenvalue weighted by Gasteiger charge is 2.21. The average molecular weight is 238 g/mol. The van der Waals surface area contributed by atoms with Gasteiger partial charge < -0.3 is 4.90 Å². The molecule has 1 aromatic rings. The van der Waals surface area contributed by atoms with Crippen LogP contribution in [0.5, 0.6) is 0 Å². The lowest BCUT2D eigenvalue weighted by atomic mass is 10.0. The smallest absolute Gasteiger partial charge is 0.293 e. The molecule has 17 heavy (non-hydrogen) atoms. The monoisotopic (exact) mass is 238 g/mol. The molecular weight excluding hydrogens is 216 g/mol. The summed E-state index contributed by atoms with van der Waals surface area (Å²) < 4.78 is 0. The number of carbonyl (C=O) groups is 1. The first-order valence-corrected chi connectivity index (χ1v) is 6.14. The van der Waals surface area contributed by atoms with Gasteiger partial charge in [0.05, 0.1) is 0 Å². The van der Waals surface area contributed by atoms with E-state index in [0.717, 1.165) is 18.7 Å². The molecule has 0 spiro atoms. The molecule has 0 bridgehead atoms. The van der Waals surface area contributed by atoms with E-state index in [-0.39, 0.29) is 17.8 Å². The Bertz CT molecular complexity index is 372. The molecule has 1 atom stereocenters. The van der Waals surface area contributed by atoms with Crippen LogP contribution in [0.25, 0.3) is 0 Å². The molecule has 1 rings (SSSR count). The van der Waals surface area contributed by atoms with Crippen molar-refractivity contribution in [3.05, 3.63) is 11.6 Å².